The summed E-state index contributed by atoms with van der Waals surface area (Å²) in [4.78, 5) is 51.3. The second kappa shape index (κ2) is 10.3. The van der Waals surface area contributed by atoms with Crippen molar-refractivity contribution in [3.05, 3.63) is 0 Å². The van der Waals surface area contributed by atoms with Gasteiger partial charge in [-0.2, -0.15) is 4.48 Å². The molecule has 3 atom stereocenters. The van der Waals surface area contributed by atoms with Crippen LogP contribution in [-0.2, 0) is 19.1 Å². The van der Waals surface area contributed by atoms with Gasteiger partial charge < -0.3 is 9.47 Å². The lowest BCUT2D eigenvalue weighted by Gasteiger charge is -2.39. The van der Waals surface area contributed by atoms with Gasteiger partial charge in [-0.3, -0.25) is 10.0 Å². The first-order valence-electron chi connectivity index (χ1n) is 12.3. The van der Waals surface area contributed by atoms with Gasteiger partial charge in [-0.15, -0.1) is 0 Å². The van der Waals surface area contributed by atoms with E-state index in [4.69, 9.17) is 9.47 Å². The molecule has 2 heterocycles. The maximum Gasteiger partial charge on any atom is 0.433 e. The number of hydrogen-bond acceptors (Lipinski definition) is 7. The van der Waals surface area contributed by atoms with Gasteiger partial charge in [0.15, 0.2) is 0 Å². The maximum absolute atomic E-state index is 14.1. The number of likely N-dealkylation sites (tertiary alicyclic amines) is 1. The number of alkyl carbamates (subject to hydrolysis) is 1. The predicted molar refractivity (Wildman–Crippen MR) is 121 cm³/mol. The Labute approximate surface area is 201 Å². The molecule has 3 rings (SSSR count). The summed E-state index contributed by atoms with van der Waals surface area (Å²) in [6, 6.07) is -1.12. The number of carbonyl (C=O) groups excluding carboxylic acids is 4. The van der Waals surface area contributed by atoms with Crippen LogP contribution in [0.25, 0.3) is 0 Å². The summed E-state index contributed by atoms with van der Waals surface area (Å²) in [6.07, 6.45) is 4.64. The van der Waals surface area contributed by atoms with E-state index >= 15 is 0 Å². The second-order valence-corrected chi connectivity index (χ2v) is 11.5. The number of hydrogen-bond donors (Lipinski definition) is 2. The smallest absolute Gasteiger partial charge is 0.433 e. The predicted octanol–water partition coefficient (Wildman–Crippen LogP) is 3.08. The van der Waals surface area contributed by atoms with Crippen LogP contribution in [0.5, 0.6) is 0 Å². The number of urea groups is 1. The molecule has 5 amide bonds. The highest BCUT2D eigenvalue weighted by Crippen LogP contribution is 2.44. The van der Waals surface area contributed by atoms with Crippen LogP contribution in [0, 0.1) is 22.7 Å². The van der Waals surface area contributed by atoms with Crippen molar-refractivity contribution in [3.63, 3.8) is 0 Å². The van der Waals surface area contributed by atoms with E-state index in [9.17, 15) is 24.4 Å². The number of carbonyl (C=O) groups is 4. The fraction of sp³-hybridized carbons (Fsp3) is 0.833. The van der Waals surface area contributed by atoms with E-state index in [2.05, 4.69) is 5.32 Å². The van der Waals surface area contributed by atoms with Crippen molar-refractivity contribution < 1.29 is 38.3 Å². The molecule has 10 nitrogen and oxygen atoms in total. The van der Waals surface area contributed by atoms with Gasteiger partial charge in [0.2, 0.25) is 6.41 Å². The Kier molecular flexibility index (Phi) is 8.04. The van der Waals surface area contributed by atoms with Crippen molar-refractivity contribution >= 4 is 24.4 Å². The molecule has 0 bridgehead atoms. The molecule has 1 aliphatic carbocycles. The van der Waals surface area contributed by atoms with Gasteiger partial charge in [0.25, 0.3) is 0 Å². The zero-order valence-electron chi connectivity index (χ0n) is 20.9. The van der Waals surface area contributed by atoms with Crippen LogP contribution in [0.1, 0.15) is 66.2 Å². The topological polar surface area (TPSA) is 122 Å². The van der Waals surface area contributed by atoms with Gasteiger partial charge >= 0.3 is 18.0 Å². The van der Waals surface area contributed by atoms with Crippen molar-refractivity contribution in [2.45, 2.75) is 72.3 Å². The fourth-order valence-electron chi connectivity index (χ4n) is 5.64. The normalized spacial score (nSPS) is 28.6. The molecule has 2 aliphatic heterocycles. The molecule has 34 heavy (non-hydrogen) atoms. The monoisotopic (exact) mass is 482 g/mol. The molecule has 1 saturated carbocycles. The van der Waals surface area contributed by atoms with Crippen LogP contribution in [0.15, 0.2) is 0 Å². The Morgan fingerprint density at radius 1 is 1.24 bits per heavy atom. The largest absolute Gasteiger partial charge is 0.448 e. The number of amides is 5. The Morgan fingerprint density at radius 3 is 2.38 bits per heavy atom. The molecule has 3 aliphatic rings. The third kappa shape index (κ3) is 5.44. The van der Waals surface area contributed by atoms with Crippen LogP contribution >= 0.6 is 0 Å². The minimum absolute atomic E-state index is 0.115. The third-order valence-electron chi connectivity index (χ3n) is 8.29. The van der Waals surface area contributed by atoms with E-state index in [1.54, 1.807) is 0 Å². The number of nitrogens with one attached hydrogen (secondary N) is 1. The zero-order chi connectivity index (χ0) is 25.1. The van der Waals surface area contributed by atoms with E-state index in [1.165, 1.54) is 0 Å². The second-order valence-electron chi connectivity index (χ2n) is 11.5. The summed E-state index contributed by atoms with van der Waals surface area (Å²) >= 11 is 0. The van der Waals surface area contributed by atoms with Gasteiger partial charge in [-0.05, 0) is 19.3 Å². The summed E-state index contributed by atoms with van der Waals surface area (Å²) in [7, 11) is 0. The SMILES string of the molecule is C[C@@H]1C(C)(C)CC[N+]1(C(=O)NC(=O)OCC1(C)COC1)C(=O)[C@H](CC1CCCC1)CN(O)C=O. The van der Waals surface area contributed by atoms with Crippen LogP contribution in [0.4, 0.5) is 9.59 Å². The number of quaternary nitrogens is 1. The van der Waals surface area contributed by atoms with Crippen molar-refractivity contribution in [2.75, 3.05) is 32.9 Å². The molecule has 1 unspecified atom stereocenters. The summed E-state index contributed by atoms with van der Waals surface area (Å²) in [5, 5.41) is 12.7. The van der Waals surface area contributed by atoms with E-state index in [0.29, 0.717) is 37.0 Å². The number of nitrogens with zero attached hydrogens (tertiary/aromatic N) is 2. The van der Waals surface area contributed by atoms with Gasteiger partial charge in [-0.1, -0.05) is 46.5 Å². The minimum atomic E-state index is -0.885. The molecule has 3 fully saturated rings. The zero-order valence-corrected chi connectivity index (χ0v) is 20.9. The summed E-state index contributed by atoms with van der Waals surface area (Å²) in [6.45, 7) is 8.93. The standard InChI is InChI=1S/C24H39N3O7/c1-17-23(2,3)9-10-27(17,21(30)25-22(31)34-15-24(4)13-33-14-24)20(29)19(12-26(32)16-28)11-18-7-5-6-8-18/h16-19,32H,5-15H2,1-4H3/p+1/t17-,19-,27?/m1/s1. The summed E-state index contributed by atoms with van der Waals surface area (Å²) in [5.74, 6) is -0.781. The van der Waals surface area contributed by atoms with Gasteiger partial charge in [0, 0.05) is 17.3 Å². The highest BCUT2D eigenvalue weighted by atomic mass is 16.6. The molecule has 10 heteroatoms. The average molecular weight is 483 g/mol. The molecule has 0 aromatic rings. The Balaban J connectivity index is 1.82. The molecule has 0 spiro atoms. The van der Waals surface area contributed by atoms with E-state index in [-0.39, 0.29) is 42.8 Å². The van der Waals surface area contributed by atoms with Crippen molar-refractivity contribution in [3.8, 4) is 0 Å². The quantitative estimate of drug-likeness (QED) is 0.236. The van der Waals surface area contributed by atoms with Crippen LogP contribution in [0.2, 0.25) is 0 Å². The highest BCUT2D eigenvalue weighted by molar-refractivity contribution is 5.93. The Morgan fingerprint density at radius 2 is 1.88 bits per heavy atom. The lowest BCUT2D eigenvalue weighted by molar-refractivity contribution is -0.791. The molecular formula is C24H40N3O7+. The molecule has 0 aromatic heterocycles. The van der Waals surface area contributed by atoms with Gasteiger partial charge in [0.1, 0.15) is 12.6 Å². The Hall–Kier alpha value is -2.04. The third-order valence-corrected chi connectivity index (χ3v) is 8.29. The lowest BCUT2D eigenvalue weighted by Crippen LogP contribution is -2.67. The van der Waals surface area contributed by atoms with E-state index in [0.717, 1.165) is 25.7 Å². The lowest BCUT2D eigenvalue weighted by atomic mass is 9.84. The maximum atomic E-state index is 14.1. The molecule has 2 saturated heterocycles. The number of hydroxylamine groups is 2. The molecule has 192 valence electrons. The first-order valence-corrected chi connectivity index (χ1v) is 12.3. The van der Waals surface area contributed by atoms with Crippen molar-refractivity contribution in [1.29, 1.82) is 0 Å². The van der Waals surface area contributed by atoms with Crippen molar-refractivity contribution in [1.82, 2.24) is 10.4 Å². The molecule has 0 aromatic carbocycles. The molecule has 2 N–H and O–H groups in total. The van der Waals surface area contributed by atoms with Gasteiger partial charge in [-0.25, -0.2) is 24.8 Å². The average Bonchev–Trinajstić information content (AvgIpc) is 3.36. The number of rotatable bonds is 8. The van der Waals surface area contributed by atoms with Crippen LogP contribution in [-0.4, -0.2) is 78.1 Å². The first-order chi connectivity index (χ1) is 15.9. The molecule has 0 radical (unpaired) electrons. The van der Waals surface area contributed by atoms with E-state index in [1.807, 2.05) is 27.7 Å². The highest BCUT2D eigenvalue weighted by Gasteiger charge is 2.61. The van der Waals surface area contributed by atoms with Crippen molar-refractivity contribution in [2.24, 2.45) is 22.7 Å². The first kappa shape index (κ1) is 26.6. The number of ether oxygens (including phenoxy) is 2. The minimum Gasteiger partial charge on any atom is -0.448 e. The summed E-state index contributed by atoms with van der Waals surface area (Å²) in [5.41, 5.74) is -0.591. The Bertz CT molecular complexity index is 791. The van der Waals surface area contributed by atoms with E-state index < -0.39 is 28.6 Å². The van der Waals surface area contributed by atoms with Crippen LogP contribution < -0.4 is 5.32 Å². The fourth-order valence-corrected chi connectivity index (χ4v) is 5.64. The van der Waals surface area contributed by atoms with Gasteiger partial charge in [0.05, 0.1) is 32.2 Å². The summed E-state index contributed by atoms with van der Waals surface area (Å²) < 4.78 is 9.89. The van der Waals surface area contributed by atoms with Crippen LogP contribution in [0.3, 0.4) is 0 Å². The number of imide groups is 2. The molecular weight excluding hydrogens is 442 g/mol.